The van der Waals surface area contributed by atoms with Crippen LogP contribution in [0.1, 0.15) is 46.2 Å². The molecule has 0 spiro atoms. The summed E-state index contributed by atoms with van der Waals surface area (Å²) in [4.78, 5) is 41.5. The van der Waals surface area contributed by atoms with E-state index in [2.05, 4.69) is 5.32 Å². The Balaban J connectivity index is 1.79. The normalized spacial score (nSPS) is 23.6. The van der Waals surface area contributed by atoms with Crippen LogP contribution in [0.2, 0.25) is 0 Å². The summed E-state index contributed by atoms with van der Waals surface area (Å²) >= 11 is 0. The number of anilines is 1. The smallest absolute Gasteiger partial charge is 0.410 e. The van der Waals surface area contributed by atoms with E-state index in [1.807, 2.05) is 29.8 Å². The van der Waals surface area contributed by atoms with Gasteiger partial charge in [-0.05, 0) is 46.8 Å². The van der Waals surface area contributed by atoms with Gasteiger partial charge in [-0.2, -0.15) is 4.90 Å². The lowest BCUT2D eigenvalue weighted by Gasteiger charge is -2.34. The number of ether oxygens (including phenoxy) is 1. The molecule has 1 aromatic rings. The maximum absolute atomic E-state index is 13.3. The molecular formula is C21H32N5O4+. The van der Waals surface area contributed by atoms with Crippen molar-refractivity contribution < 1.29 is 23.7 Å². The average Bonchev–Trinajstić information content (AvgIpc) is 3.06. The van der Waals surface area contributed by atoms with Gasteiger partial charge in [0.15, 0.2) is 6.04 Å². The van der Waals surface area contributed by atoms with Crippen molar-refractivity contribution in [2.45, 2.75) is 70.8 Å². The van der Waals surface area contributed by atoms with Crippen molar-refractivity contribution in [2.24, 2.45) is 5.73 Å². The molecule has 0 fully saturated rings. The number of carbonyl (C=O) groups excluding carboxylic acids is 3. The topological polar surface area (TPSA) is 109 Å². The number of nitrogens with two attached hydrogens (primary N) is 1. The second-order valence-electron chi connectivity index (χ2n) is 9.06. The Hall–Kier alpha value is -2.68. The maximum Gasteiger partial charge on any atom is 0.410 e. The van der Waals surface area contributed by atoms with Gasteiger partial charge < -0.3 is 15.8 Å². The van der Waals surface area contributed by atoms with E-state index < -0.39 is 29.7 Å². The molecule has 0 saturated carbocycles. The standard InChI is InChI=1S/C21H31N5O4/c1-12-16(23-17(27)13(2)24(6)20(29)30-21(3,4)5)19(28)26-15(11-22)10-14-8-7-9-25(12)18(14)26/h7-9,12-13,15-16H,10-11,22H2,1-6H3/p+1/t12?,13-,15-,16-/m0/s1. The molecule has 3 N–H and O–H groups in total. The summed E-state index contributed by atoms with van der Waals surface area (Å²) in [6.07, 6.45) is 2.01. The lowest BCUT2D eigenvalue weighted by molar-refractivity contribution is -0.710. The van der Waals surface area contributed by atoms with Gasteiger partial charge in [0.2, 0.25) is 5.91 Å². The van der Waals surface area contributed by atoms with Gasteiger partial charge in [-0.25, -0.2) is 14.2 Å². The third kappa shape index (κ3) is 3.86. The van der Waals surface area contributed by atoms with Crippen LogP contribution in [0.25, 0.3) is 0 Å². The van der Waals surface area contributed by atoms with E-state index in [4.69, 9.17) is 10.5 Å². The van der Waals surface area contributed by atoms with E-state index in [9.17, 15) is 14.4 Å². The minimum absolute atomic E-state index is 0.130. The van der Waals surface area contributed by atoms with Crippen molar-refractivity contribution in [3.8, 4) is 0 Å². The van der Waals surface area contributed by atoms with Gasteiger partial charge in [0.05, 0.1) is 6.20 Å². The molecule has 4 atom stereocenters. The molecule has 3 amide bonds. The molecule has 0 bridgehead atoms. The van der Waals surface area contributed by atoms with E-state index in [1.165, 1.54) is 11.9 Å². The first-order chi connectivity index (χ1) is 14.0. The minimum atomic E-state index is -0.804. The lowest BCUT2D eigenvalue weighted by Crippen LogP contribution is -2.67. The predicted octanol–water partition coefficient (Wildman–Crippen LogP) is 0.505. The Morgan fingerprint density at radius 2 is 2.10 bits per heavy atom. The number of carbonyl (C=O) groups is 3. The van der Waals surface area contributed by atoms with Crippen LogP contribution in [0.15, 0.2) is 18.3 Å². The van der Waals surface area contributed by atoms with Gasteiger partial charge in [-0.3, -0.25) is 9.69 Å². The molecule has 9 nitrogen and oxygen atoms in total. The van der Waals surface area contributed by atoms with Gasteiger partial charge in [-0.15, -0.1) is 0 Å². The average molecular weight is 419 g/mol. The van der Waals surface area contributed by atoms with E-state index >= 15 is 0 Å². The number of aromatic nitrogens is 1. The highest BCUT2D eigenvalue weighted by Crippen LogP contribution is 2.34. The number of nitrogens with zero attached hydrogens (tertiary/aromatic N) is 3. The fourth-order valence-corrected chi connectivity index (χ4v) is 3.96. The van der Waals surface area contributed by atoms with Gasteiger partial charge in [-0.1, -0.05) is 0 Å². The number of nitrogens with one attached hydrogen (secondary N) is 1. The van der Waals surface area contributed by atoms with Crippen LogP contribution in [0, 0.1) is 0 Å². The predicted molar refractivity (Wildman–Crippen MR) is 111 cm³/mol. The number of amides is 3. The van der Waals surface area contributed by atoms with Crippen molar-refractivity contribution >= 4 is 23.7 Å². The summed E-state index contributed by atoms with van der Waals surface area (Å²) in [5, 5.41) is 2.85. The van der Waals surface area contributed by atoms with Crippen LogP contribution in [-0.2, 0) is 20.7 Å². The van der Waals surface area contributed by atoms with Crippen LogP contribution >= 0.6 is 0 Å². The molecule has 0 aromatic carbocycles. The molecule has 0 saturated heterocycles. The quantitative estimate of drug-likeness (QED) is 0.693. The number of rotatable bonds is 4. The van der Waals surface area contributed by atoms with Crippen LogP contribution in [0.5, 0.6) is 0 Å². The molecule has 0 aliphatic carbocycles. The molecule has 2 aliphatic heterocycles. The van der Waals surface area contributed by atoms with Crippen LogP contribution in [0.4, 0.5) is 10.6 Å². The van der Waals surface area contributed by atoms with Gasteiger partial charge in [0.1, 0.15) is 23.7 Å². The molecule has 3 heterocycles. The molecule has 1 aromatic heterocycles. The summed E-state index contributed by atoms with van der Waals surface area (Å²) in [5.74, 6) is 0.260. The summed E-state index contributed by atoms with van der Waals surface area (Å²) in [7, 11) is 1.51. The molecule has 3 rings (SSSR count). The van der Waals surface area contributed by atoms with Gasteiger partial charge in [0.25, 0.3) is 5.82 Å². The van der Waals surface area contributed by atoms with Crippen molar-refractivity contribution in [1.29, 1.82) is 0 Å². The summed E-state index contributed by atoms with van der Waals surface area (Å²) < 4.78 is 7.35. The molecule has 0 radical (unpaired) electrons. The highest BCUT2D eigenvalue weighted by atomic mass is 16.6. The Kier molecular flexibility index (Phi) is 5.77. The highest BCUT2D eigenvalue weighted by molar-refractivity contribution is 6.01. The Bertz CT molecular complexity index is 865. The number of hydrogen-bond donors (Lipinski definition) is 2. The first-order valence-electron chi connectivity index (χ1n) is 10.3. The minimum Gasteiger partial charge on any atom is -0.444 e. The Morgan fingerprint density at radius 3 is 2.70 bits per heavy atom. The molecule has 2 aliphatic rings. The summed E-state index contributed by atoms with van der Waals surface area (Å²) in [6, 6.07) is 1.98. The molecular weight excluding hydrogens is 386 g/mol. The second-order valence-corrected chi connectivity index (χ2v) is 9.06. The van der Waals surface area contributed by atoms with Crippen LogP contribution < -0.4 is 20.5 Å². The first kappa shape index (κ1) is 22.0. The molecule has 164 valence electrons. The lowest BCUT2D eigenvalue weighted by atomic mass is 10.0. The first-order valence-corrected chi connectivity index (χ1v) is 10.3. The molecule has 30 heavy (non-hydrogen) atoms. The third-order valence-electron chi connectivity index (χ3n) is 5.76. The molecule has 9 heteroatoms. The maximum atomic E-state index is 13.3. The van der Waals surface area contributed by atoms with Crippen molar-refractivity contribution in [2.75, 3.05) is 18.5 Å². The summed E-state index contributed by atoms with van der Waals surface area (Å²) in [6.45, 7) is 9.14. The number of pyridine rings is 1. The zero-order valence-corrected chi connectivity index (χ0v) is 18.5. The van der Waals surface area contributed by atoms with E-state index in [-0.39, 0.29) is 18.0 Å². The summed E-state index contributed by atoms with van der Waals surface area (Å²) in [5.41, 5.74) is 6.33. The SMILES string of the molecule is CC1[C@H](NC(=O)[C@H](C)N(C)C(=O)OC(C)(C)C)C(=O)N2c3c(ccc[n+]31)C[C@H]2CN. The van der Waals surface area contributed by atoms with Crippen LogP contribution in [0.3, 0.4) is 0 Å². The fraction of sp³-hybridized carbons (Fsp3) is 0.619. The van der Waals surface area contributed by atoms with E-state index in [0.717, 1.165) is 11.4 Å². The zero-order chi connectivity index (χ0) is 22.4. The zero-order valence-electron chi connectivity index (χ0n) is 18.5. The fourth-order valence-electron chi connectivity index (χ4n) is 3.96. The largest absolute Gasteiger partial charge is 0.444 e. The molecule has 1 unspecified atom stereocenters. The van der Waals surface area contributed by atoms with Crippen molar-refractivity contribution in [3.05, 3.63) is 23.9 Å². The monoisotopic (exact) mass is 418 g/mol. The Morgan fingerprint density at radius 1 is 1.43 bits per heavy atom. The van der Waals surface area contributed by atoms with E-state index in [1.54, 1.807) is 32.6 Å². The highest BCUT2D eigenvalue weighted by Gasteiger charge is 2.53. The van der Waals surface area contributed by atoms with Crippen molar-refractivity contribution in [3.63, 3.8) is 0 Å². The Labute approximate surface area is 177 Å². The number of hydrogen-bond acceptors (Lipinski definition) is 5. The van der Waals surface area contributed by atoms with Crippen LogP contribution in [-0.4, -0.2) is 60.1 Å². The van der Waals surface area contributed by atoms with Crippen molar-refractivity contribution in [1.82, 2.24) is 10.2 Å². The van der Waals surface area contributed by atoms with Gasteiger partial charge >= 0.3 is 12.0 Å². The second kappa shape index (κ2) is 7.86. The third-order valence-corrected chi connectivity index (χ3v) is 5.76. The number of likely N-dealkylation sites (N-methyl/N-ethyl adjacent to an activating group) is 1. The van der Waals surface area contributed by atoms with E-state index in [0.29, 0.717) is 13.0 Å². The van der Waals surface area contributed by atoms with Gasteiger partial charge in [0, 0.05) is 25.6 Å².